The molecule has 1 aromatic rings. The van der Waals surface area contributed by atoms with Gasteiger partial charge in [0.1, 0.15) is 5.75 Å². The molecule has 0 aromatic heterocycles. The van der Waals surface area contributed by atoms with E-state index in [0.29, 0.717) is 18.7 Å². The van der Waals surface area contributed by atoms with Gasteiger partial charge in [-0.25, -0.2) is 0 Å². The van der Waals surface area contributed by atoms with Crippen molar-refractivity contribution < 1.29 is 14.3 Å². The second-order valence-electron chi connectivity index (χ2n) is 5.96. The number of nitrogens with one attached hydrogen (secondary N) is 1. The second-order valence-corrected chi connectivity index (χ2v) is 5.96. The summed E-state index contributed by atoms with van der Waals surface area (Å²) in [6.45, 7) is 6.82. The monoisotopic (exact) mass is 304 g/mol. The average molecular weight is 304 g/mol. The van der Waals surface area contributed by atoms with Crippen molar-refractivity contribution in [1.82, 2.24) is 10.2 Å². The van der Waals surface area contributed by atoms with Crippen LogP contribution in [-0.4, -0.2) is 41.9 Å². The number of nitrogens with zero attached hydrogens (tertiary/aromatic N) is 1. The quantitative estimate of drug-likeness (QED) is 0.928. The number of benzene rings is 1. The minimum Gasteiger partial charge on any atom is -0.491 e. The Labute approximate surface area is 131 Å². The molecule has 2 amide bonds. The summed E-state index contributed by atoms with van der Waals surface area (Å²) in [5.74, 6) is 0.804. The Morgan fingerprint density at radius 2 is 1.77 bits per heavy atom. The van der Waals surface area contributed by atoms with Gasteiger partial charge in [0.15, 0.2) is 0 Å². The summed E-state index contributed by atoms with van der Waals surface area (Å²) in [7, 11) is 0. The third-order valence-electron chi connectivity index (χ3n) is 3.66. The maximum atomic E-state index is 12.5. The van der Waals surface area contributed by atoms with Crippen LogP contribution in [0.25, 0.3) is 0 Å². The predicted octanol–water partition coefficient (Wildman–Crippen LogP) is 2.21. The SMILES string of the molecule is CC(=O)NC1CCN(C(=O)c2ccc(OC(C)C)cc2)CC1. The number of ether oxygens (including phenoxy) is 1. The molecule has 0 radical (unpaired) electrons. The van der Waals surface area contributed by atoms with Crippen molar-refractivity contribution in [3.8, 4) is 5.75 Å². The number of amides is 2. The first kappa shape index (κ1) is 16.3. The minimum atomic E-state index is -0.00878. The maximum Gasteiger partial charge on any atom is 0.253 e. The van der Waals surface area contributed by atoms with Crippen molar-refractivity contribution in [2.24, 2.45) is 0 Å². The molecule has 0 spiro atoms. The van der Waals surface area contributed by atoms with E-state index in [1.165, 1.54) is 6.92 Å². The van der Waals surface area contributed by atoms with Gasteiger partial charge in [-0.2, -0.15) is 0 Å². The summed E-state index contributed by atoms with van der Waals surface area (Å²) < 4.78 is 5.58. The van der Waals surface area contributed by atoms with Crippen molar-refractivity contribution in [1.29, 1.82) is 0 Å². The molecular weight excluding hydrogens is 280 g/mol. The Morgan fingerprint density at radius 3 is 2.27 bits per heavy atom. The molecule has 5 heteroatoms. The smallest absolute Gasteiger partial charge is 0.253 e. The second kappa shape index (κ2) is 7.29. The van der Waals surface area contributed by atoms with Gasteiger partial charge in [-0.05, 0) is 51.0 Å². The summed E-state index contributed by atoms with van der Waals surface area (Å²) in [6.07, 6.45) is 1.73. The Bertz CT molecular complexity index is 517. The van der Waals surface area contributed by atoms with Crippen LogP contribution in [0.1, 0.15) is 44.0 Å². The maximum absolute atomic E-state index is 12.5. The molecule has 0 atom stereocenters. The zero-order chi connectivity index (χ0) is 16.1. The first-order chi connectivity index (χ1) is 10.5. The topological polar surface area (TPSA) is 58.6 Å². The van der Waals surface area contributed by atoms with Crippen LogP contribution in [0.3, 0.4) is 0 Å². The van der Waals surface area contributed by atoms with Gasteiger partial charge in [0.2, 0.25) is 5.91 Å². The molecule has 0 unspecified atom stereocenters. The number of likely N-dealkylation sites (tertiary alicyclic amines) is 1. The van der Waals surface area contributed by atoms with Crippen LogP contribution in [0.2, 0.25) is 0 Å². The summed E-state index contributed by atoms with van der Waals surface area (Å²) in [5, 5.41) is 2.91. The number of carbonyl (C=O) groups is 2. The summed E-state index contributed by atoms with van der Waals surface area (Å²) in [5.41, 5.74) is 0.675. The van der Waals surface area contributed by atoms with Gasteiger partial charge < -0.3 is 15.0 Å². The molecule has 5 nitrogen and oxygen atoms in total. The molecule has 1 saturated heterocycles. The average Bonchev–Trinajstić information content (AvgIpc) is 2.47. The van der Waals surface area contributed by atoms with Gasteiger partial charge in [-0.1, -0.05) is 0 Å². The summed E-state index contributed by atoms with van der Waals surface area (Å²) in [6, 6.07) is 7.46. The molecule has 22 heavy (non-hydrogen) atoms. The number of hydrogen-bond acceptors (Lipinski definition) is 3. The molecule has 1 heterocycles. The molecular formula is C17H24N2O3. The first-order valence-corrected chi connectivity index (χ1v) is 7.79. The van der Waals surface area contributed by atoms with Crippen molar-refractivity contribution in [2.45, 2.75) is 45.8 Å². The molecule has 1 aliphatic heterocycles. The highest BCUT2D eigenvalue weighted by molar-refractivity contribution is 5.94. The Hall–Kier alpha value is -2.04. The number of carbonyl (C=O) groups excluding carboxylic acids is 2. The van der Waals surface area contributed by atoms with Crippen LogP contribution in [0, 0.1) is 0 Å². The lowest BCUT2D eigenvalue weighted by atomic mass is 10.0. The third-order valence-corrected chi connectivity index (χ3v) is 3.66. The zero-order valence-electron chi connectivity index (χ0n) is 13.5. The highest BCUT2D eigenvalue weighted by Crippen LogP contribution is 2.17. The highest BCUT2D eigenvalue weighted by Gasteiger charge is 2.23. The Kier molecular flexibility index (Phi) is 5.41. The lowest BCUT2D eigenvalue weighted by Crippen LogP contribution is -2.46. The minimum absolute atomic E-state index is 0.00878. The van der Waals surface area contributed by atoms with Gasteiger partial charge in [-0.3, -0.25) is 9.59 Å². The van der Waals surface area contributed by atoms with E-state index in [-0.39, 0.29) is 24.0 Å². The molecule has 1 fully saturated rings. The van der Waals surface area contributed by atoms with Crippen molar-refractivity contribution in [2.75, 3.05) is 13.1 Å². The van der Waals surface area contributed by atoms with E-state index in [1.807, 2.05) is 30.9 Å². The van der Waals surface area contributed by atoms with Crippen molar-refractivity contribution in [3.05, 3.63) is 29.8 Å². The molecule has 0 bridgehead atoms. The Morgan fingerprint density at radius 1 is 1.18 bits per heavy atom. The molecule has 2 rings (SSSR count). The first-order valence-electron chi connectivity index (χ1n) is 7.79. The molecule has 1 N–H and O–H groups in total. The number of hydrogen-bond donors (Lipinski definition) is 1. The molecule has 1 aliphatic rings. The van der Waals surface area contributed by atoms with E-state index in [2.05, 4.69) is 5.32 Å². The molecule has 120 valence electrons. The number of rotatable bonds is 4. The van der Waals surface area contributed by atoms with E-state index in [9.17, 15) is 9.59 Å². The van der Waals surface area contributed by atoms with E-state index in [4.69, 9.17) is 4.74 Å². The summed E-state index contributed by atoms with van der Waals surface area (Å²) in [4.78, 5) is 25.4. The lowest BCUT2D eigenvalue weighted by molar-refractivity contribution is -0.119. The fourth-order valence-electron chi connectivity index (χ4n) is 2.65. The molecule has 0 saturated carbocycles. The fourth-order valence-corrected chi connectivity index (χ4v) is 2.65. The van der Waals surface area contributed by atoms with Crippen LogP contribution >= 0.6 is 0 Å². The van der Waals surface area contributed by atoms with Gasteiger partial charge in [0.25, 0.3) is 5.91 Å². The van der Waals surface area contributed by atoms with E-state index in [0.717, 1.165) is 18.6 Å². The molecule has 0 aliphatic carbocycles. The standard InChI is InChI=1S/C17H24N2O3/c1-12(2)22-16-6-4-14(5-7-16)17(21)19-10-8-15(9-11-19)18-13(3)20/h4-7,12,15H,8-11H2,1-3H3,(H,18,20). The van der Waals surface area contributed by atoms with Crippen LogP contribution in [0.4, 0.5) is 0 Å². The van der Waals surface area contributed by atoms with Crippen LogP contribution < -0.4 is 10.1 Å². The largest absolute Gasteiger partial charge is 0.491 e. The zero-order valence-corrected chi connectivity index (χ0v) is 13.5. The third kappa shape index (κ3) is 4.48. The predicted molar refractivity (Wildman–Crippen MR) is 84.9 cm³/mol. The van der Waals surface area contributed by atoms with E-state index < -0.39 is 0 Å². The summed E-state index contributed by atoms with van der Waals surface area (Å²) >= 11 is 0. The van der Waals surface area contributed by atoms with Crippen LogP contribution in [0.5, 0.6) is 5.75 Å². The van der Waals surface area contributed by atoms with Crippen molar-refractivity contribution >= 4 is 11.8 Å². The normalized spacial score (nSPS) is 15.7. The fraction of sp³-hybridized carbons (Fsp3) is 0.529. The molecule has 1 aromatic carbocycles. The highest BCUT2D eigenvalue weighted by atomic mass is 16.5. The van der Waals surface area contributed by atoms with Gasteiger partial charge in [0, 0.05) is 31.6 Å². The van der Waals surface area contributed by atoms with Crippen LogP contribution in [0.15, 0.2) is 24.3 Å². The van der Waals surface area contributed by atoms with Gasteiger partial charge in [0.05, 0.1) is 6.10 Å². The lowest BCUT2D eigenvalue weighted by Gasteiger charge is -2.32. The van der Waals surface area contributed by atoms with Crippen molar-refractivity contribution in [3.63, 3.8) is 0 Å². The van der Waals surface area contributed by atoms with Gasteiger partial charge >= 0.3 is 0 Å². The Balaban J connectivity index is 1.91. The van der Waals surface area contributed by atoms with Crippen LogP contribution in [-0.2, 0) is 4.79 Å². The van der Waals surface area contributed by atoms with E-state index >= 15 is 0 Å². The van der Waals surface area contributed by atoms with E-state index in [1.54, 1.807) is 12.1 Å². The number of piperidine rings is 1. The van der Waals surface area contributed by atoms with Gasteiger partial charge in [-0.15, -0.1) is 0 Å².